The Kier molecular flexibility index (Phi) is 6.43. The van der Waals surface area contributed by atoms with Gasteiger partial charge >= 0.3 is 0 Å². The molecular formula is C24H23Cl3N6. The summed E-state index contributed by atoms with van der Waals surface area (Å²) in [5, 5.41) is 8.61. The molecule has 0 bridgehead atoms. The van der Waals surface area contributed by atoms with Crippen LogP contribution in [0.1, 0.15) is 17.5 Å². The average molecular weight is 502 g/mol. The van der Waals surface area contributed by atoms with Crippen LogP contribution in [0.4, 0.5) is 5.95 Å². The molecule has 0 aliphatic carbocycles. The van der Waals surface area contributed by atoms with E-state index in [2.05, 4.69) is 20.2 Å². The van der Waals surface area contributed by atoms with Crippen molar-refractivity contribution in [3.05, 3.63) is 68.8 Å². The molecule has 0 radical (unpaired) electrons. The van der Waals surface area contributed by atoms with Crippen molar-refractivity contribution in [2.24, 2.45) is 5.92 Å². The van der Waals surface area contributed by atoms with Gasteiger partial charge in [-0.3, -0.25) is 0 Å². The number of aryl methyl sites for hydroxylation is 1. The number of fused-ring (bicyclic) bond motifs is 1. The topological polar surface area (TPSA) is 67.7 Å². The van der Waals surface area contributed by atoms with Crippen molar-refractivity contribution in [1.29, 1.82) is 0 Å². The zero-order valence-electron chi connectivity index (χ0n) is 18.1. The first-order valence-corrected chi connectivity index (χ1v) is 12.0. The number of benzene rings is 2. The molecule has 0 spiro atoms. The highest BCUT2D eigenvalue weighted by Gasteiger charge is 2.23. The van der Waals surface area contributed by atoms with Crippen LogP contribution in [-0.2, 0) is 13.1 Å². The Balaban J connectivity index is 1.53. The molecule has 170 valence electrons. The first kappa shape index (κ1) is 22.4. The standard InChI is InChI=1S/C24H23Cl3N6/c1-14-5-6-15(9-19(14)27)11-29-24-30-12-20-22(32-24)33(13-16-7-8-28-10-16)23(31-20)21-17(25)3-2-4-18(21)26/h2-6,9,12,16,28H,7-8,10-11,13H2,1H3,(H,29,30,32)/t16-/m0/s1. The lowest BCUT2D eigenvalue weighted by Crippen LogP contribution is -2.16. The van der Waals surface area contributed by atoms with Crippen LogP contribution in [0.5, 0.6) is 0 Å². The quantitative estimate of drug-likeness (QED) is 0.340. The highest BCUT2D eigenvalue weighted by molar-refractivity contribution is 6.39. The van der Waals surface area contributed by atoms with Gasteiger partial charge in [-0.2, -0.15) is 4.98 Å². The molecule has 1 fully saturated rings. The fourth-order valence-corrected chi connectivity index (χ4v) is 4.90. The van der Waals surface area contributed by atoms with E-state index in [0.717, 1.165) is 47.9 Å². The fourth-order valence-electron chi connectivity index (χ4n) is 4.14. The number of anilines is 1. The van der Waals surface area contributed by atoms with Gasteiger partial charge in [-0.05, 0) is 61.7 Å². The van der Waals surface area contributed by atoms with Crippen LogP contribution in [0.25, 0.3) is 22.6 Å². The van der Waals surface area contributed by atoms with Crippen LogP contribution in [0.2, 0.25) is 15.1 Å². The van der Waals surface area contributed by atoms with Crippen LogP contribution in [0.15, 0.2) is 42.6 Å². The minimum Gasteiger partial charge on any atom is -0.350 e. The second-order valence-corrected chi connectivity index (χ2v) is 9.56. The van der Waals surface area contributed by atoms with E-state index in [4.69, 9.17) is 44.8 Å². The van der Waals surface area contributed by atoms with E-state index in [-0.39, 0.29) is 0 Å². The van der Waals surface area contributed by atoms with Crippen LogP contribution < -0.4 is 10.6 Å². The Hall–Kier alpha value is -2.38. The first-order valence-electron chi connectivity index (χ1n) is 10.9. The minimum atomic E-state index is 0.475. The summed E-state index contributed by atoms with van der Waals surface area (Å²) in [5.74, 6) is 1.72. The van der Waals surface area contributed by atoms with Crippen molar-refractivity contribution in [2.45, 2.75) is 26.4 Å². The largest absolute Gasteiger partial charge is 0.350 e. The van der Waals surface area contributed by atoms with Gasteiger partial charge in [0.15, 0.2) is 5.65 Å². The van der Waals surface area contributed by atoms with Crippen molar-refractivity contribution in [3.8, 4) is 11.4 Å². The summed E-state index contributed by atoms with van der Waals surface area (Å²) in [4.78, 5) is 14.1. The van der Waals surface area contributed by atoms with Gasteiger partial charge in [0.2, 0.25) is 5.95 Å². The molecule has 33 heavy (non-hydrogen) atoms. The molecule has 4 aromatic rings. The summed E-state index contributed by atoms with van der Waals surface area (Å²) >= 11 is 19.4. The lowest BCUT2D eigenvalue weighted by Gasteiger charge is -2.15. The second kappa shape index (κ2) is 9.47. The van der Waals surface area contributed by atoms with Crippen molar-refractivity contribution < 1.29 is 0 Å². The van der Waals surface area contributed by atoms with Gasteiger partial charge in [-0.25, -0.2) is 9.97 Å². The molecule has 2 aromatic heterocycles. The molecule has 1 saturated heterocycles. The summed E-state index contributed by atoms with van der Waals surface area (Å²) in [6.07, 6.45) is 2.84. The van der Waals surface area contributed by atoms with Gasteiger partial charge < -0.3 is 15.2 Å². The van der Waals surface area contributed by atoms with Crippen LogP contribution in [-0.4, -0.2) is 32.6 Å². The number of nitrogens with zero attached hydrogens (tertiary/aromatic N) is 4. The van der Waals surface area contributed by atoms with E-state index < -0.39 is 0 Å². The van der Waals surface area contributed by atoms with Gasteiger partial charge in [0, 0.05) is 18.1 Å². The lowest BCUT2D eigenvalue weighted by molar-refractivity contribution is 0.490. The van der Waals surface area contributed by atoms with E-state index in [1.54, 1.807) is 6.20 Å². The molecule has 2 aromatic carbocycles. The number of nitrogens with one attached hydrogen (secondary N) is 2. The maximum Gasteiger partial charge on any atom is 0.225 e. The van der Waals surface area contributed by atoms with Crippen molar-refractivity contribution in [2.75, 3.05) is 18.4 Å². The molecular weight excluding hydrogens is 479 g/mol. The minimum absolute atomic E-state index is 0.475. The predicted molar refractivity (Wildman–Crippen MR) is 135 cm³/mol. The molecule has 0 unspecified atom stereocenters. The summed E-state index contributed by atoms with van der Waals surface area (Å²) in [5.41, 5.74) is 4.29. The van der Waals surface area contributed by atoms with Gasteiger partial charge in [-0.15, -0.1) is 0 Å². The van der Waals surface area contributed by atoms with Crippen LogP contribution in [0, 0.1) is 12.8 Å². The van der Waals surface area contributed by atoms with Crippen LogP contribution >= 0.6 is 34.8 Å². The lowest BCUT2D eigenvalue weighted by atomic mass is 10.1. The Bertz CT molecular complexity index is 1290. The van der Waals surface area contributed by atoms with E-state index in [1.165, 1.54) is 0 Å². The van der Waals surface area contributed by atoms with E-state index in [1.807, 2.05) is 43.3 Å². The maximum atomic E-state index is 6.54. The van der Waals surface area contributed by atoms with Gasteiger partial charge in [-0.1, -0.05) is 53.0 Å². The fraction of sp³-hybridized carbons (Fsp3) is 0.292. The zero-order chi connectivity index (χ0) is 22.9. The number of hydrogen-bond acceptors (Lipinski definition) is 5. The number of hydrogen-bond donors (Lipinski definition) is 2. The molecule has 0 saturated carbocycles. The monoisotopic (exact) mass is 500 g/mol. The molecule has 1 aliphatic heterocycles. The number of aromatic nitrogens is 4. The molecule has 6 nitrogen and oxygen atoms in total. The molecule has 9 heteroatoms. The van der Waals surface area contributed by atoms with Gasteiger partial charge in [0.05, 0.1) is 21.8 Å². The normalized spacial score (nSPS) is 15.9. The average Bonchev–Trinajstić information content (AvgIpc) is 3.43. The highest BCUT2D eigenvalue weighted by atomic mass is 35.5. The zero-order valence-corrected chi connectivity index (χ0v) is 20.3. The van der Waals surface area contributed by atoms with Gasteiger partial charge in [0.25, 0.3) is 0 Å². The van der Waals surface area contributed by atoms with Crippen molar-refractivity contribution >= 4 is 51.9 Å². The molecule has 1 atom stereocenters. The molecule has 3 heterocycles. The summed E-state index contributed by atoms with van der Waals surface area (Å²) in [7, 11) is 0. The second-order valence-electron chi connectivity index (χ2n) is 8.34. The SMILES string of the molecule is Cc1ccc(CNc2ncc3nc(-c4c(Cl)cccc4Cl)n(C[C@H]4CCNC4)c3n2)cc1Cl. The highest BCUT2D eigenvalue weighted by Crippen LogP contribution is 2.36. The van der Waals surface area contributed by atoms with E-state index in [9.17, 15) is 0 Å². The number of imidazole rings is 1. The third-order valence-corrected chi connectivity index (χ3v) is 7.00. The number of rotatable bonds is 6. The Morgan fingerprint density at radius 3 is 2.64 bits per heavy atom. The predicted octanol–water partition coefficient (Wildman–Crippen LogP) is 5.98. The smallest absolute Gasteiger partial charge is 0.225 e. The van der Waals surface area contributed by atoms with E-state index in [0.29, 0.717) is 45.4 Å². The third-order valence-electron chi connectivity index (χ3n) is 5.96. The van der Waals surface area contributed by atoms with Gasteiger partial charge in [0.1, 0.15) is 11.3 Å². The van der Waals surface area contributed by atoms with Crippen molar-refractivity contribution in [3.63, 3.8) is 0 Å². The Morgan fingerprint density at radius 2 is 1.91 bits per heavy atom. The maximum absolute atomic E-state index is 6.54. The third kappa shape index (κ3) is 4.66. The van der Waals surface area contributed by atoms with Crippen LogP contribution in [0.3, 0.4) is 0 Å². The molecule has 2 N–H and O–H groups in total. The first-order chi connectivity index (χ1) is 16.0. The van der Waals surface area contributed by atoms with E-state index >= 15 is 0 Å². The summed E-state index contributed by atoms with van der Waals surface area (Å²) in [6.45, 7) is 5.29. The summed E-state index contributed by atoms with van der Waals surface area (Å²) in [6, 6.07) is 11.5. The molecule has 1 aliphatic rings. The molecule has 0 amide bonds. The number of halogens is 3. The summed E-state index contributed by atoms with van der Waals surface area (Å²) < 4.78 is 2.12. The Labute approximate surface area is 207 Å². The van der Waals surface area contributed by atoms with Crippen molar-refractivity contribution in [1.82, 2.24) is 24.8 Å². The Morgan fingerprint density at radius 1 is 1.09 bits per heavy atom. The molecule has 5 rings (SSSR count).